The molecule has 0 aliphatic heterocycles. The van der Waals surface area contributed by atoms with Gasteiger partial charge in [0, 0.05) is 12.5 Å². The zero-order chi connectivity index (χ0) is 15.9. The highest BCUT2D eigenvalue weighted by Gasteiger charge is 2.37. The average Bonchev–Trinajstić information content (AvgIpc) is 2.38. The molecule has 2 atom stereocenters. The molecule has 4 heteroatoms. The topological polar surface area (TPSA) is 47.6 Å². The van der Waals surface area contributed by atoms with E-state index in [1.165, 1.54) is 0 Å². The lowest BCUT2D eigenvalue weighted by atomic mass is 9.93. The lowest BCUT2D eigenvalue weighted by molar-refractivity contribution is -0.152. The molecule has 0 saturated carbocycles. The van der Waals surface area contributed by atoms with Gasteiger partial charge in [-0.2, -0.15) is 0 Å². The first-order chi connectivity index (χ1) is 9.87. The Labute approximate surface area is 127 Å². The van der Waals surface area contributed by atoms with Crippen molar-refractivity contribution in [3.8, 4) is 5.75 Å². The van der Waals surface area contributed by atoms with E-state index in [1.807, 2.05) is 65.0 Å². The Morgan fingerprint density at radius 1 is 1.24 bits per heavy atom. The summed E-state index contributed by atoms with van der Waals surface area (Å²) in [7, 11) is 0. The number of benzene rings is 1. The molecule has 0 fully saturated rings. The first-order valence-electron chi connectivity index (χ1n) is 7.54. The van der Waals surface area contributed by atoms with Gasteiger partial charge in [-0.3, -0.25) is 10.1 Å². The van der Waals surface area contributed by atoms with Crippen LogP contribution < -0.4 is 10.1 Å². The number of hydrogen-bond donors (Lipinski definition) is 1. The highest BCUT2D eigenvalue weighted by molar-refractivity contribution is 5.80. The minimum absolute atomic E-state index is 0.104. The summed E-state index contributed by atoms with van der Waals surface area (Å²) in [6, 6.07) is 9.81. The fourth-order valence-corrected chi connectivity index (χ4v) is 2.48. The van der Waals surface area contributed by atoms with Gasteiger partial charge in [0.15, 0.2) is 0 Å². The smallest absolute Gasteiger partial charge is 0.326 e. The largest absolute Gasteiger partial charge is 0.491 e. The molecule has 4 nitrogen and oxygen atoms in total. The number of hydrogen-bond acceptors (Lipinski definition) is 4. The molecule has 0 amide bonds. The van der Waals surface area contributed by atoms with Crippen LogP contribution in [0.1, 0.15) is 41.0 Å². The Kier molecular flexibility index (Phi) is 6.69. The van der Waals surface area contributed by atoms with Crippen LogP contribution in [0.3, 0.4) is 0 Å². The Bertz CT molecular complexity index is 433. The fourth-order valence-electron chi connectivity index (χ4n) is 2.48. The Morgan fingerprint density at radius 2 is 1.86 bits per heavy atom. The van der Waals surface area contributed by atoms with Gasteiger partial charge >= 0.3 is 5.97 Å². The summed E-state index contributed by atoms with van der Waals surface area (Å²) in [6.07, 6.45) is 0.437. The van der Waals surface area contributed by atoms with E-state index in [9.17, 15) is 4.79 Å². The van der Waals surface area contributed by atoms with E-state index < -0.39 is 5.54 Å². The molecule has 1 rings (SSSR count). The maximum Gasteiger partial charge on any atom is 0.326 e. The van der Waals surface area contributed by atoms with Gasteiger partial charge in [0.2, 0.25) is 0 Å². The third kappa shape index (κ3) is 5.76. The molecule has 0 saturated heterocycles. The van der Waals surface area contributed by atoms with Gasteiger partial charge in [-0.15, -0.1) is 0 Å². The summed E-state index contributed by atoms with van der Waals surface area (Å²) < 4.78 is 11.1. The molecule has 0 aliphatic rings. The second-order valence-electron chi connectivity index (χ2n) is 5.80. The third-order valence-corrected chi connectivity index (χ3v) is 3.11. The molecule has 1 aromatic rings. The number of carbonyl (C=O) groups excluding carboxylic acids is 1. The van der Waals surface area contributed by atoms with E-state index in [2.05, 4.69) is 5.32 Å². The van der Waals surface area contributed by atoms with E-state index >= 15 is 0 Å². The second kappa shape index (κ2) is 8.03. The molecule has 0 heterocycles. The lowest BCUT2D eigenvalue weighted by Crippen LogP contribution is -2.55. The molecule has 118 valence electrons. The van der Waals surface area contributed by atoms with Crippen molar-refractivity contribution < 1.29 is 14.3 Å². The monoisotopic (exact) mass is 293 g/mol. The van der Waals surface area contributed by atoms with Crippen molar-refractivity contribution in [2.24, 2.45) is 0 Å². The van der Waals surface area contributed by atoms with Crippen LogP contribution >= 0.6 is 0 Å². The third-order valence-electron chi connectivity index (χ3n) is 3.11. The molecule has 0 aliphatic carbocycles. The van der Waals surface area contributed by atoms with E-state index in [4.69, 9.17) is 9.47 Å². The van der Waals surface area contributed by atoms with Crippen LogP contribution in [0.5, 0.6) is 5.75 Å². The summed E-state index contributed by atoms with van der Waals surface area (Å²) >= 11 is 0. The minimum Gasteiger partial charge on any atom is -0.491 e. The van der Waals surface area contributed by atoms with Gasteiger partial charge in [0.25, 0.3) is 0 Å². The standard InChI is InChI=1S/C17H27NO3/c1-6-20-16(19)17(5,18-13(2)3)12-14(4)21-15-10-8-7-9-11-15/h7-11,13-14,18H,6,12H2,1-5H3. The molecule has 1 N–H and O–H groups in total. The molecule has 21 heavy (non-hydrogen) atoms. The lowest BCUT2D eigenvalue weighted by Gasteiger charge is -2.33. The van der Waals surface area contributed by atoms with Crippen LogP contribution in [-0.2, 0) is 9.53 Å². The van der Waals surface area contributed by atoms with Gasteiger partial charge in [-0.1, -0.05) is 18.2 Å². The van der Waals surface area contributed by atoms with Gasteiger partial charge in [-0.25, -0.2) is 0 Å². The molecule has 2 unspecified atom stereocenters. The molecule has 0 bridgehead atoms. The van der Waals surface area contributed by atoms with Gasteiger partial charge in [0.05, 0.1) is 12.7 Å². The van der Waals surface area contributed by atoms with Crippen molar-refractivity contribution in [2.45, 2.75) is 58.7 Å². The molecule has 1 aromatic carbocycles. The maximum absolute atomic E-state index is 12.2. The van der Waals surface area contributed by atoms with Gasteiger partial charge < -0.3 is 9.47 Å². The molecular formula is C17H27NO3. The van der Waals surface area contributed by atoms with Crippen LogP contribution in [0.25, 0.3) is 0 Å². The molecular weight excluding hydrogens is 266 g/mol. The van der Waals surface area contributed by atoms with Crippen molar-refractivity contribution in [2.75, 3.05) is 6.61 Å². The van der Waals surface area contributed by atoms with Crippen molar-refractivity contribution in [1.82, 2.24) is 5.32 Å². The van der Waals surface area contributed by atoms with E-state index in [1.54, 1.807) is 0 Å². The predicted octanol–water partition coefficient (Wildman–Crippen LogP) is 3.16. The maximum atomic E-state index is 12.2. The van der Waals surface area contributed by atoms with Gasteiger partial charge in [-0.05, 0) is 46.8 Å². The van der Waals surface area contributed by atoms with Gasteiger partial charge in [0.1, 0.15) is 11.3 Å². The normalized spacial score (nSPS) is 15.3. The van der Waals surface area contributed by atoms with Crippen LogP contribution in [-0.4, -0.2) is 30.3 Å². The zero-order valence-corrected chi connectivity index (χ0v) is 13.7. The van der Waals surface area contributed by atoms with Crippen LogP contribution in [0.2, 0.25) is 0 Å². The Balaban J connectivity index is 2.73. The Morgan fingerprint density at radius 3 is 2.38 bits per heavy atom. The number of para-hydroxylation sites is 1. The number of carbonyl (C=O) groups is 1. The molecule has 0 radical (unpaired) electrons. The number of esters is 1. The van der Waals surface area contributed by atoms with Crippen molar-refractivity contribution in [1.29, 1.82) is 0 Å². The first kappa shape index (κ1) is 17.5. The molecule has 0 spiro atoms. The van der Waals surface area contributed by atoms with Crippen LogP contribution in [0.4, 0.5) is 0 Å². The summed E-state index contributed by atoms with van der Waals surface area (Å²) in [5.41, 5.74) is -0.752. The summed E-state index contributed by atoms with van der Waals surface area (Å²) in [5.74, 6) is 0.572. The van der Waals surface area contributed by atoms with E-state index in [0.29, 0.717) is 13.0 Å². The highest BCUT2D eigenvalue weighted by atomic mass is 16.5. The minimum atomic E-state index is -0.752. The molecule has 0 aromatic heterocycles. The number of nitrogens with one attached hydrogen (secondary N) is 1. The van der Waals surface area contributed by atoms with E-state index in [0.717, 1.165) is 5.75 Å². The van der Waals surface area contributed by atoms with Crippen LogP contribution in [0, 0.1) is 0 Å². The number of rotatable bonds is 8. The van der Waals surface area contributed by atoms with Crippen molar-refractivity contribution >= 4 is 5.97 Å². The predicted molar refractivity (Wildman–Crippen MR) is 84.5 cm³/mol. The summed E-state index contributed by atoms with van der Waals surface area (Å²) in [6.45, 7) is 10.1. The zero-order valence-electron chi connectivity index (χ0n) is 13.7. The summed E-state index contributed by atoms with van der Waals surface area (Å²) in [5, 5.41) is 3.30. The SMILES string of the molecule is CCOC(=O)C(C)(CC(C)Oc1ccccc1)NC(C)C. The van der Waals surface area contributed by atoms with Crippen molar-refractivity contribution in [3.05, 3.63) is 30.3 Å². The first-order valence-corrected chi connectivity index (χ1v) is 7.54. The second-order valence-corrected chi connectivity index (χ2v) is 5.80. The highest BCUT2D eigenvalue weighted by Crippen LogP contribution is 2.20. The summed E-state index contributed by atoms with van der Waals surface area (Å²) in [4.78, 5) is 12.2. The average molecular weight is 293 g/mol. The van der Waals surface area contributed by atoms with E-state index in [-0.39, 0.29) is 18.1 Å². The fraction of sp³-hybridized carbons (Fsp3) is 0.588. The quantitative estimate of drug-likeness (QED) is 0.748. The number of ether oxygens (including phenoxy) is 2. The Hall–Kier alpha value is -1.55. The van der Waals surface area contributed by atoms with Crippen molar-refractivity contribution in [3.63, 3.8) is 0 Å². The van der Waals surface area contributed by atoms with Crippen LogP contribution in [0.15, 0.2) is 30.3 Å².